The van der Waals surface area contributed by atoms with E-state index in [4.69, 9.17) is 25.8 Å². The van der Waals surface area contributed by atoms with Crippen molar-refractivity contribution in [1.82, 2.24) is 44.9 Å². The maximum Gasteiger partial charge on any atom is 0.345 e. The summed E-state index contributed by atoms with van der Waals surface area (Å²) < 4.78 is 25.5. The van der Waals surface area contributed by atoms with Crippen LogP contribution >= 0.6 is 11.6 Å². The van der Waals surface area contributed by atoms with Gasteiger partial charge in [-0.2, -0.15) is 0 Å². The maximum atomic E-state index is 12.4. The van der Waals surface area contributed by atoms with Crippen LogP contribution in [0.15, 0.2) is 230 Å². The maximum absolute atomic E-state index is 12.4. The SMILES string of the molecule is CC(C)(C)CC(C)(C)c1ccc(O)c(-n2nc3ccccc3n2)c1.CCCCCCCCOc1ccc(C(=O)c2ccccc2)c(O)c1.CCCCCCOc1ccc(-c2nc(-c3ccccc3)nc(-c3ccccc3)n2)c(O)c1.COC(=O)C(=Cc1ccc(OC)cc1)C(=O)OC.Cc1cc(-n2nc3ccc(Cl)cc3n2)c(O)c(C(C)(C)C)c1. The first-order chi connectivity index (χ1) is 57.5. The van der Waals surface area contributed by atoms with Gasteiger partial charge >= 0.3 is 11.9 Å². The van der Waals surface area contributed by atoms with Gasteiger partial charge < -0.3 is 44.1 Å². The van der Waals surface area contributed by atoms with Gasteiger partial charge in [-0.05, 0) is 150 Å². The third-order valence-corrected chi connectivity index (χ3v) is 19.5. The van der Waals surface area contributed by atoms with E-state index in [1.165, 1.54) is 80.0 Å². The van der Waals surface area contributed by atoms with Crippen LogP contribution < -0.4 is 14.2 Å². The van der Waals surface area contributed by atoms with Gasteiger partial charge in [-0.3, -0.25) is 4.79 Å². The zero-order valence-corrected chi connectivity index (χ0v) is 71.8. The third-order valence-electron chi connectivity index (χ3n) is 19.3. The highest BCUT2D eigenvalue weighted by atomic mass is 35.5. The van der Waals surface area contributed by atoms with E-state index in [2.05, 4.69) is 114 Å². The highest BCUT2D eigenvalue weighted by Crippen LogP contribution is 2.40. The molecule has 120 heavy (non-hydrogen) atoms. The Balaban J connectivity index is 0.000000173. The average Bonchev–Trinajstić information content (AvgIpc) is 1.76. The molecular weight excluding hydrogens is 1530 g/mol. The smallest absolute Gasteiger partial charge is 0.345 e. The van der Waals surface area contributed by atoms with Crippen LogP contribution in [0.1, 0.15) is 178 Å². The lowest BCUT2D eigenvalue weighted by molar-refractivity contribution is -0.143. The number of ether oxygens (including phenoxy) is 5. The number of carbonyl (C=O) groups is 3. The molecule has 4 N–H and O–H groups in total. The van der Waals surface area contributed by atoms with E-state index >= 15 is 0 Å². The fraction of sp³-hybridized carbons (Fsp3) is 0.306. The molecule has 0 aliphatic heterocycles. The minimum Gasteiger partial charge on any atom is -0.507 e. The van der Waals surface area contributed by atoms with Gasteiger partial charge in [-0.1, -0.05) is 260 Å². The molecule has 21 nitrogen and oxygen atoms in total. The Morgan fingerprint density at radius 1 is 0.458 bits per heavy atom. The number of halogens is 1. The van der Waals surface area contributed by atoms with Crippen molar-refractivity contribution in [2.45, 2.75) is 158 Å². The molecule has 3 heterocycles. The lowest BCUT2D eigenvalue weighted by atomic mass is 9.72. The average molecular weight is 1640 g/mol. The van der Waals surface area contributed by atoms with Crippen molar-refractivity contribution in [3.8, 4) is 85.8 Å². The minimum atomic E-state index is -0.738. The number of nitrogens with zero attached hydrogens (tertiary/aromatic N) is 9. The lowest BCUT2D eigenvalue weighted by Gasteiger charge is -2.33. The fourth-order valence-electron chi connectivity index (χ4n) is 13.3. The summed E-state index contributed by atoms with van der Waals surface area (Å²) in [7, 11) is 3.96. The summed E-state index contributed by atoms with van der Waals surface area (Å²) in [5.41, 5.74) is 11.1. The molecule has 0 unspecified atom stereocenters. The van der Waals surface area contributed by atoms with Crippen LogP contribution in [0.4, 0.5) is 0 Å². The normalized spacial score (nSPS) is 11.1. The molecule has 13 rings (SSSR count). The monoisotopic (exact) mass is 1640 g/mol. The number of hydrogen-bond donors (Lipinski definition) is 4. The van der Waals surface area contributed by atoms with Crippen LogP contribution in [0.3, 0.4) is 0 Å². The summed E-state index contributed by atoms with van der Waals surface area (Å²) in [5, 5.41) is 60.3. The van der Waals surface area contributed by atoms with Crippen LogP contribution in [0, 0.1) is 12.3 Å². The number of phenols is 4. The number of ketones is 1. The van der Waals surface area contributed by atoms with Crippen molar-refractivity contribution in [3.63, 3.8) is 0 Å². The first kappa shape index (κ1) is 91.2. The number of fused-ring (bicyclic) bond motifs is 2. The molecular formula is C98H110ClN9O12. The number of carbonyl (C=O) groups excluding carboxylic acids is 3. The van der Waals surface area contributed by atoms with Gasteiger partial charge in [0.2, 0.25) is 0 Å². The second-order valence-electron chi connectivity index (χ2n) is 31.8. The van der Waals surface area contributed by atoms with E-state index < -0.39 is 11.9 Å². The number of aromatic nitrogens is 9. The zero-order valence-electron chi connectivity index (χ0n) is 71.1. The Labute approximate surface area is 708 Å². The van der Waals surface area contributed by atoms with Crippen molar-refractivity contribution < 1.29 is 58.5 Å². The number of phenolic OH excluding ortho intramolecular Hbond substituents is 4. The molecule has 0 amide bonds. The molecule has 0 saturated carbocycles. The topological polar surface area (TPSA) is 278 Å². The Morgan fingerprint density at radius 2 is 0.942 bits per heavy atom. The number of hydrogen-bond acceptors (Lipinski definition) is 19. The van der Waals surface area contributed by atoms with Gasteiger partial charge in [-0.25, -0.2) is 24.5 Å². The van der Waals surface area contributed by atoms with E-state index in [1.54, 1.807) is 86.0 Å². The van der Waals surface area contributed by atoms with Crippen molar-refractivity contribution in [1.29, 1.82) is 0 Å². The number of aromatic hydroxyl groups is 4. The Kier molecular flexibility index (Phi) is 33.1. The molecule has 3 aromatic heterocycles. The van der Waals surface area contributed by atoms with Gasteiger partial charge in [0.1, 0.15) is 79.3 Å². The number of esters is 2. The lowest BCUT2D eigenvalue weighted by Crippen LogP contribution is -2.25. The standard InChI is InChI=1S/C27H27N3O2.C21H26O3.C20H25N3O.C17H18ClN3O.C13H14O5/c1-2-3-4-11-18-32-22-16-17-23(24(31)19-22)27-29-25(20-12-7-5-8-13-20)28-26(30-27)21-14-9-6-10-15-21;1-2-3-4-5-6-10-15-24-18-13-14-19(20(22)16-18)21(23)17-11-8-7-9-12-17;1-19(2,3)13-20(4,5)14-10-11-18(24)17(12-14)23-21-15-8-6-7-9-16(15)22-23;1-10-7-12(17(2,3)4)16(22)15(8-10)21-19-13-6-5-11(18)9-14(13)20-21;1-16-10-6-4-9(5-7-10)8-11(12(14)17-2)13(15)18-3/h5-10,12-17,19,31H,2-4,11,18H2,1H3;7-9,11-14,16,22H,2-6,10,15H2,1H3;6-12,24H,13H2,1-5H3;5-9,22H,1-4H3;4-8H,1-3H3. The van der Waals surface area contributed by atoms with E-state index in [9.17, 15) is 34.8 Å². The van der Waals surface area contributed by atoms with Gasteiger partial charge in [0.15, 0.2) is 23.3 Å². The third kappa shape index (κ3) is 26.4. The largest absolute Gasteiger partial charge is 0.507 e. The highest BCUT2D eigenvalue weighted by molar-refractivity contribution is 6.31. The quantitative estimate of drug-likeness (QED) is 0.00929. The van der Waals surface area contributed by atoms with Crippen molar-refractivity contribution in [3.05, 3.63) is 268 Å². The molecule has 22 heteroatoms. The Morgan fingerprint density at radius 3 is 1.47 bits per heavy atom. The number of unbranched alkanes of at least 4 members (excludes halogenated alkanes) is 8. The molecule has 0 fully saturated rings. The van der Waals surface area contributed by atoms with Crippen molar-refractivity contribution in [2.75, 3.05) is 34.5 Å². The van der Waals surface area contributed by atoms with Crippen LogP contribution in [0.2, 0.25) is 5.02 Å². The molecule has 10 aromatic carbocycles. The summed E-state index contributed by atoms with van der Waals surface area (Å²) in [4.78, 5) is 52.2. The number of methoxy groups -OCH3 is 3. The molecule has 0 aliphatic carbocycles. The summed E-state index contributed by atoms with van der Waals surface area (Å²) in [6.45, 7) is 25.1. The van der Waals surface area contributed by atoms with Crippen molar-refractivity contribution >= 4 is 57.5 Å². The van der Waals surface area contributed by atoms with E-state index in [-0.39, 0.29) is 50.6 Å². The first-order valence-electron chi connectivity index (χ1n) is 40.4. The molecule has 0 spiro atoms. The molecule has 626 valence electrons. The first-order valence-corrected chi connectivity index (χ1v) is 40.8. The molecule has 0 atom stereocenters. The van der Waals surface area contributed by atoms with Gasteiger partial charge in [0.05, 0.1) is 45.7 Å². The van der Waals surface area contributed by atoms with Gasteiger partial charge in [-0.15, -0.1) is 30.0 Å². The minimum absolute atomic E-state index is 0.00667. The highest BCUT2D eigenvalue weighted by Gasteiger charge is 2.29. The summed E-state index contributed by atoms with van der Waals surface area (Å²) >= 11 is 5.99. The number of rotatable bonds is 27. The fourth-order valence-corrected chi connectivity index (χ4v) is 13.5. The van der Waals surface area contributed by atoms with Gasteiger partial charge in [0, 0.05) is 39.4 Å². The molecule has 0 radical (unpaired) electrons. The van der Waals surface area contributed by atoms with Crippen LogP contribution in [-0.2, 0) is 29.9 Å². The second kappa shape index (κ2) is 43.6. The van der Waals surface area contributed by atoms with E-state index in [0.717, 1.165) is 70.9 Å². The molecule has 0 aliphatic rings. The van der Waals surface area contributed by atoms with Crippen LogP contribution in [-0.4, -0.2) is 118 Å². The number of benzene rings is 10. The molecule has 0 saturated heterocycles. The van der Waals surface area contributed by atoms with E-state index in [0.29, 0.717) is 92.1 Å². The zero-order chi connectivity index (χ0) is 86.5. The van der Waals surface area contributed by atoms with Crippen LogP contribution in [0.25, 0.3) is 73.7 Å². The summed E-state index contributed by atoms with van der Waals surface area (Å²) in [5.74, 6) is 2.25. The van der Waals surface area contributed by atoms with Crippen LogP contribution in [0.5, 0.6) is 40.2 Å². The summed E-state index contributed by atoms with van der Waals surface area (Å²) in [6.07, 6.45) is 14.2. The summed E-state index contributed by atoms with van der Waals surface area (Å²) in [6, 6.07) is 68.2. The second-order valence-corrected chi connectivity index (χ2v) is 32.2. The Bertz CT molecular complexity index is 5440. The number of aryl methyl sites for hydroxylation is 1. The van der Waals surface area contributed by atoms with Crippen molar-refractivity contribution in [2.24, 2.45) is 5.41 Å². The predicted molar refractivity (Wildman–Crippen MR) is 476 cm³/mol. The van der Waals surface area contributed by atoms with E-state index in [1.807, 2.05) is 146 Å². The van der Waals surface area contributed by atoms with Gasteiger partial charge in [0.25, 0.3) is 0 Å². The Hall–Kier alpha value is -12.8. The molecule has 0 bridgehead atoms. The predicted octanol–water partition coefficient (Wildman–Crippen LogP) is 22.5. The molecule has 13 aromatic rings.